The molecule has 1 amide bonds. The summed E-state index contributed by atoms with van der Waals surface area (Å²) in [4.78, 5) is 15.9. The normalized spacial score (nSPS) is 37.2. The van der Waals surface area contributed by atoms with E-state index in [4.69, 9.17) is 0 Å². The molecule has 1 N–H and O–H groups in total. The molecule has 29 heavy (non-hydrogen) atoms. The highest BCUT2D eigenvalue weighted by molar-refractivity contribution is 7.91. The fourth-order valence-corrected chi connectivity index (χ4v) is 9.76. The molecular formula is C21H30N2O4S2. The van der Waals surface area contributed by atoms with Crippen molar-refractivity contribution in [3.8, 4) is 0 Å². The summed E-state index contributed by atoms with van der Waals surface area (Å²) >= 11 is 1.30. The zero-order valence-corrected chi connectivity index (χ0v) is 18.6. The molecule has 0 aromatic carbocycles. The molecule has 4 bridgehead atoms. The molecule has 1 aromatic rings. The maximum absolute atomic E-state index is 13.1. The molecule has 2 heterocycles. The Morgan fingerprint density at radius 2 is 1.79 bits per heavy atom. The number of carbonyl (C=O) groups excluding carboxylic acids is 1. The summed E-state index contributed by atoms with van der Waals surface area (Å²) in [7, 11) is -3.46. The fourth-order valence-electron chi connectivity index (χ4n) is 6.90. The van der Waals surface area contributed by atoms with Crippen molar-refractivity contribution in [3.05, 3.63) is 17.0 Å². The third-order valence-corrected chi connectivity index (χ3v) is 10.9. The van der Waals surface area contributed by atoms with Crippen molar-refractivity contribution in [2.24, 2.45) is 17.3 Å². The number of thiophene rings is 1. The average molecular weight is 439 g/mol. The molecule has 5 aliphatic rings. The molecule has 160 valence electrons. The van der Waals surface area contributed by atoms with Gasteiger partial charge in [0.2, 0.25) is 5.91 Å². The Kier molecular flexibility index (Phi) is 4.66. The highest BCUT2D eigenvalue weighted by Crippen LogP contribution is 2.62. The third kappa shape index (κ3) is 3.56. The van der Waals surface area contributed by atoms with Crippen LogP contribution in [0, 0.1) is 24.2 Å². The summed E-state index contributed by atoms with van der Waals surface area (Å²) in [6.07, 6.45) is 6.48. The van der Waals surface area contributed by atoms with Crippen LogP contribution in [-0.4, -0.2) is 60.4 Å². The van der Waals surface area contributed by atoms with Gasteiger partial charge < -0.3 is 10.0 Å². The molecule has 4 saturated carbocycles. The van der Waals surface area contributed by atoms with E-state index in [0.29, 0.717) is 48.6 Å². The molecule has 0 radical (unpaired) electrons. The van der Waals surface area contributed by atoms with Crippen molar-refractivity contribution in [2.75, 3.05) is 26.2 Å². The second-order valence-corrected chi connectivity index (χ2v) is 13.5. The highest BCUT2D eigenvalue weighted by atomic mass is 32.2. The van der Waals surface area contributed by atoms with E-state index in [9.17, 15) is 18.3 Å². The number of aliphatic hydroxyl groups is 1. The van der Waals surface area contributed by atoms with Crippen molar-refractivity contribution < 1.29 is 18.3 Å². The van der Waals surface area contributed by atoms with Gasteiger partial charge in [-0.1, -0.05) is 0 Å². The van der Waals surface area contributed by atoms with Gasteiger partial charge in [-0.05, 0) is 74.8 Å². The molecule has 2 atom stereocenters. The minimum absolute atomic E-state index is 0.0341. The molecule has 1 aliphatic heterocycles. The van der Waals surface area contributed by atoms with Gasteiger partial charge in [-0.2, -0.15) is 4.31 Å². The van der Waals surface area contributed by atoms with E-state index in [1.165, 1.54) is 22.1 Å². The first-order valence-corrected chi connectivity index (χ1v) is 13.0. The summed E-state index contributed by atoms with van der Waals surface area (Å²) in [5.74, 6) is 1.29. The van der Waals surface area contributed by atoms with E-state index in [1.54, 1.807) is 6.07 Å². The van der Waals surface area contributed by atoms with E-state index in [0.717, 1.165) is 37.0 Å². The second-order valence-electron chi connectivity index (χ2n) is 10.0. The Morgan fingerprint density at radius 3 is 2.34 bits per heavy atom. The number of rotatable bonds is 4. The standard InChI is InChI=1S/C21H30N2O4S2/c1-15-2-3-19(28-15)29(26,27)23-6-4-22(5-7-23)18(24)13-20-9-16-8-17(10-20)12-21(25,11-16)14-20/h2-3,16-17,25H,4-14H2,1H3. The molecule has 0 spiro atoms. The largest absolute Gasteiger partial charge is 0.390 e. The van der Waals surface area contributed by atoms with Crippen LogP contribution >= 0.6 is 11.3 Å². The van der Waals surface area contributed by atoms with Crippen LogP contribution in [0.1, 0.15) is 49.8 Å². The van der Waals surface area contributed by atoms with Gasteiger partial charge in [0, 0.05) is 37.5 Å². The number of piperazine rings is 1. The number of hydrogen-bond acceptors (Lipinski definition) is 5. The Bertz CT molecular complexity index is 903. The number of amides is 1. The molecule has 2 unspecified atom stereocenters. The van der Waals surface area contributed by atoms with Gasteiger partial charge in [0.1, 0.15) is 4.21 Å². The molecule has 8 heteroatoms. The lowest BCUT2D eigenvalue weighted by Gasteiger charge is -2.60. The van der Waals surface area contributed by atoms with Crippen LogP contribution in [0.3, 0.4) is 0 Å². The van der Waals surface area contributed by atoms with Crippen molar-refractivity contribution in [3.63, 3.8) is 0 Å². The molecular weight excluding hydrogens is 408 g/mol. The summed E-state index contributed by atoms with van der Waals surface area (Å²) in [5, 5.41) is 10.9. The molecule has 6 rings (SSSR count). The summed E-state index contributed by atoms with van der Waals surface area (Å²) < 4.78 is 27.5. The van der Waals surface area contributed by atoms with Crippen LogP contribution in [0.25, 0.3) is 0 Å². The van der Waals surface area contributed by atoms with E-state index >= 15 is 0 Å². The van der Waals surface area contributed by atoms with Gasteiger partial charge in [-0.15, -0.1) is 11.3 Å². The minimum Gasteiger partial charge on any atom is -0.390 e. The Morgan fingerprint density at radius 1 is 1.14 bits per heavy atom. The summed E-state index contributed by atoms with van der Waals surface area (Å²) in [5.41, 5.74) is -0.580. The molecule has 5 fully saturated rings. The molecule has 1 saturated heterocycles. The number of carbonyl (C=O) groups is 1. The van der Waals surface area contributed by atoms with Crippen molar-refractivity contribution in [2.45, 2.75) is 61.7 Å². The van der Waals surface area contributed by atoms with Crippen LogP contribution in [0.2, 0.25) is 0 Å². The predicted octanol–water partition coefficient (Wildman–Crippen LogP) is 2.61. The van der Waals surface area contributed by atoms with Crippen LogP contribution < -0.4 is 0 Å². The number of hydrogen-bond donors (Lipinski definition) is 1. The minimum atomic E-state index is -3.46. The molecule has 6 nitrogen and oxygen atoms in total. The number of nitrogens with zero attached hydrogens (tertiary/aromatic N) is 2. The quantitative estimate of drug-likeness (QED) is 0.784. The topological polar surface area (TPSA) is 77.9 Å². The van der Waals surface area contributed by atoms with Gasteiger partial charge in [0.05, 0.1) is 5.60 Å². The van der Waals surface area contributed by atoms with Gasteiger partial charge >= 0.3 is 0 Å². The maximum atomic E-state index is 13.1. The molecule has 1 aromatic heterocycles. The first-order chi connectivity index (χ1) is 13.7. The maximum Gasteiger partial charge on any atom is 0.252 e. The van der Waals surface area contributed by atoms with Crippen molar-refractivity contribution in [1.29, 1.82) is 0 Å². The number of aryl methyl sites for hydroxylation is 1. The van der Waals surface area contributed by atoms with Gasteiger partial charge in [-0.25, -0.2) is 8.42 Å². The van der Waals surface area contributed by atoms with Gasteiger partial charge in [-0.3, -0.25) is 4.79 Å². The Hall–Kier alpha value is -0.960. The van der Waals surface area contributed by atoms with E-state index in [2.05, 4.69) is 0 Å². The van der Waals surface area contributed by atoms with Crippen LogP contribution in [0.4, 0.5) is 0 Å². The monoisotopic (exact) mass is 438 g/mol. The summed E-state index contributed by atoms with van der Waals surface area (Å²) in [6.45, 7) is 3.52. The first-order valence-electron chi connectivity index (χ1n) is 10.7. The van der Waals surface area contributed by atoms with E-state index < -0.39 is 15.6 Å². The Labute approximate surface area is 176 Å². The lowest BCUT2D eigenvalue weighted by molar-refractivity contribution is -0.172. The number of sulfonamides is 1. The highest BCUT2D eigenvalue weighted by Gasteiger charge is 2.57. The predicted molar refractivity (Wildman–Crippen MR) is 111 cm³/mol. The third-order valence-electron chi connectivity index (χ3n) is 7.58. The van der Waals surface area contributed by atoms with Crippen LogP contribution in [0.15, 0.2) is 16.3 Å². The zero-order chi connectivity index (χ0) is 20.4. The smallest absolute Gasteiger partial charge is 0.252 e. The van der Waals surface area contributed by atoms with E-state index in [1.807, 2.05) is 17.9 Å². The average Bonchev–Trinajstić information content (AvgIpc) is 3.06. The second kappa shape index (κ2) is 6.77. The van der Waals surface area contributed by atoms with Crippen molar-refractivity contribution >= 4 is 27.3 Å². The molecule has 4 aliphatic carbocycles. The fraction of sp³-hybridized carbons (Fsp3) is 0.762. The van der Waals surface area contributed by atoms with Crippen molar-refractivity contribution in [1.82, 2.24) is 9.21 Å². The first kappa shape index (κ1) is 20.0. The van der Waals surface area contributed by atoms with Crippen LogP contribution in [0.5, 0.6) is 0 Å². The van der Waals surface area contributed by atoms with Gasteiger partial charge in [0.15, 0.2) is 0 Å². The van der Waals surface area contributed by atoms with Gasteiger partial charge in [0.25, 0.3) is 10.0 Å². The zero-order valence-electron chi connectivity index (χ0n) is 17.0. The Balaban J connectivity index is 1.22. The SMILES string of the molecule is Cc1ccc(S(=O)(=O)N2CCN(C(=O)CC34CC5CC(CC(O)(C5)C3)C4)CC2)s1. The van der Waals surface area contributed by atoms with Crippen LogP contribution in [-0.2, 0) is 14.8 Å². The lowest BCUT2D eigenvalue weighted by atomic mass is 9.47. The lowest BCUT2D eigenvalue weighted by Crippen LogP contribution is -2.57. The van der Waals surface area contributed by atoms with E-state index in [-0.39, 0.29) is 11.3 Å². The summed E-state index contributed by atoms with van der Waals surface area (Å²) in [6, 6.07) is 3.50.